The molecule has 0 bridgehead atoms. The number of halogens is 1. The molecule has 0 radical (unpaired) electrons. The number of pyridine rings is 1. The molecule has 31 heavy (non-hydrogen) atoms. The van der Waals surface area contributed by atoms with E-state index in [4.69, 9.17) is 9.84 Å². The first-order chi connectivity index (χ1) is 14.9. The third-order valence-corrected chi connectivity index (χ3v) is 5.21. The Morgan fingerprint density at radius 2 is 2.06 bits per heavy atom. The normalized spacial score (nSPS) is 15.7. The number of aromatic nitrogens is 2. The Morgan fingerprint density at radius 1 is 1.26 bits per heavy atom. The van der Waals surface area contributed by atoms with Gasteiger partial charge in [0.15, 0.2) is 0 Å². The van der Waals surface area contributed by atoms with Crippen LogP contribution >= 0.6 is 0 Å². The first-order valence-corrected chi connectivity index (χ1v) is 9.76. The number of carboxylic acid groups (broad SMARTS) is 1. The SMILES string of the molecule is CNc1ccc(Oc2ccnc(-c3cc(C(=O)N4CCC(C(=O)O)C4)c[nH]3)c2)cc1F. The summed E-state index contributed by atoms with van der Waals surface area (Å²) < 4.78 is 19.7. The summed E-state index contributed by atoms with van der Waals surface area (Å²) >= 11 is 0. The molecule has 0 aliphatic carbocycles. The van der Waals surface area contributed by atoms with Crippen molar-refractivity contribution in [2.24, 2.45) is 5.92 Å². The first kappa shape index (κ1) is 20.4. The number of nitrogens with one attached hydrogen (secondary N) is 2. The van der Waals surface area contributed by atoms with Gasteiger partial charge in [-0.2, -0.15) is 0 Å². The second-order valence-electron chi connectivity index (χ2n) is 7.25. The maximum atomic E-state index is 13.9. The van der Waals surface area contributed by atoms with E-state index in [-0.39, 0.29) is 12.5 Å². The number of benzene rings is 1. The second kappa shape index (κ2) is 8.47. The number of likely N-dealkylation sites (tertiary alicyclic amines) is 1. The minimum absolute atomic E-state index is 0.207. The minimum Gasteiger partial charge on any atom is -0.481 e. The molecule has 1 saturated heterocycles. The monoisotopic (exact) mass is 424 g/mol. The molecular formula is C22H21FN4O4. The van der Waals surface area contributed by atoms with Gasteiger partial charge in [-0.05, 0) is 30.7 Å². The summed E-state index contributed by atoms with van der Waals surface area (Å²) in [5, 5.41) is 11.9. The van der Waals surface area contributed by atoms with E-state index in [9.17, 15) is 14.0 Å². The smallest absolute Gasteiger partial charge is 0.308 e. The molecule has 160 valence electrons. The molecule has 4 rings (SSSR count). The average Bonchev–Trinajstić information content (AvgIpc) is 3.44. The quantitative estimate of drug-likeness (QED) is 0.558. The number of hydrogen-bond donors (Lipinski definition) is 3. The van der Waals surface area contributed by atoms with Crippen LogP contribution in [0.15, 0.2) is 48.8 Å². The van der Waals surface area contributed by atoms with Gasteiger partial charge >= 0.3 is 5.97 Å². The van der Waals surface area contributed by atoms with Gasteiger partial charge < -0.3 is 25.0 Å². The molecule has 1 unspecified atom stereocenters. The maximum Gasteiger partial charge on any atom is 0.308 e. The Hall–Kier alpha value is -3.88. The number of carboxylic acids is 1. The molecule has 2 aromatic heterocycles. The van der Waals surface area contributed by atoms with Crippen LogP contribution in [0.5, 0.6) is 11.5 Å². The summed E-state index contributed by atoms with van der Waals surface area (Å²) in [6.07, 6.45) is 3.59. The molecule has 3 N–H and O–H groups in total. The fraction of sp³-hybridized carbons (Fsp3) is 0.227. The molecule has 1 amide bonds. The maximum absolute atomic E-state index is 13.9. The van der Waals surface area contributed by atoms with E-state index in [1.54, 1.807) is 54.7 Å². The fourth-order valence-corrected chi connectivity index (χ4v) is 3.51. The molecular weight excluding hydrogens is 403 g/mol. The number of carbonyl (C=O) groups is 2. The number of carbonyl (C=O) groups excluding carboxylic acids is 1. The predicted octanol–water partition coefficient (Wildman–Crippen LogP) is 3.60. The van der Waals surface area contributed by atoms with Crippen molar-refractivity contribution in [2.75, 3.05) is 25.5 Å². The number of nitrogens with zero attached hydrogens (tertiary/aromatic N) is 2. The Balaban J connectivity index is 1.49. The molecule has 0 spiro atoms. The van der Waals surface area contributed by atoms with E-state index >= 15 is 0 Å². The van der Waals surface area contributed by atoms with E-state index in [1.165, 1.54) is 6.07 Å². The number of aromatic amines is 1. The van der Waals surface area contributed by atoms with E-state index in [2.05, 4.69) is 15.3 Å². The summed E-state index contributed by atoms with van der Waals surface area (Å²) in [6.45, 7) is 0.625. The van der Waals surface area contributed by atoms with Gasteiger partial charge in [-0.15, -0.1) is 0 Å². The molecule has 0 saturated carbocycles. The number of ether oxygens (including phenoxy) is 1. The number of hydrogen-bond acceptors (Lipinski definition) is 5. The van der Waals surface area contributed by atoms with Crippen LogP contribution in [0.3, 0.4) is 0 Å². The predicted molar refractivity (Wildman–Crippen MR) is 112 cm³/mol. The summed E-state index contributed by atoms with van der Waals surface area (Å²) in [4.78, 5) is 32.7. The van der Waals surface area contributed by atoms with Crippen LogP contribution in [0.2, 0.25) is 0 Å². The highest BCUT2D eigenvalue weighted by Crippen LogP contribution is 2.28. The summed E-state index contributed by atoms with van der Waals surface area (Å²) in [5.74, 6) is -1.24. The minimum atomic E-state index is -0.883. The van der Waals surface area contributed by atoms with Gasteiger partial charge in [-0.25, -0.2) is 4.39 Å². The van der Waals surface area contributed by atoms with Gasteiger partial charge in [-0.3, -0.25) is 14.6 Å². The van der Waals surface area contributed by atoms with E-state index in [1.807, 2.05) is 0 Å². The lowest BCUT2D eigenvalue weighted by atomic mass is 10.1. The molecule has 3 heterocycles. The Morgan fingerprint density at radius 3 is 2.77 bits per heavy atom. The molecule has 1 aliphatic heterocycles. The lowest BCUT2D eigenvalue weighted by Crippen LogP contribution is -2.29. The third-order valence-electron chi connectivity index (χ3n) is 5.21. The van der Waals surface area contributed by atoms with E-state index in [0.717, 1.165) is 0 Å². The summed E-state index contributed by atoms with van der Waals surface area (Å²) in [6, 6.07) is 9.53. The van der Waals surface area contributed by atoms with Crippen molar-refractivity contribution in [2.45, 2.75) is 6.42 Å². The highest BCUT2D eigenvalue weighted by atomic mass is 19.1. The Bertz CT molecular complexity index is 1130. The standard InChI is InChI=1S/C22H21FN4O4/c1-24-18-3-2-15(9-17(18)23)31-16-4-6-25-20(10-16)19-8-14(11-26-19)21(28)27-7-5-13(12-27)22(29)30/h2-4,6,8-11,13,24,26H,5,7,12H2,1H3,(H,29,30). The van der Waals surface area contributed by atoms with Gasteiger partial charge in [0, 0.05) is 44.7 Å². The van der Waals surface area contributed by atoms with Crippen LogP contribution in [0.25, 0.3) is 11.4 Å². The van der Waals surface area contributed by atoms with Crippen LogP contribution in [-0.4, -0.2) is 52.0 Å². The van der Waals surface area contributed by atoms with Crippen molar-refractivity contribution in [1.29, 1.82) is 0 Å². The molecule has 1 atom stereocenters. The van der Waals surface area contributed by atoms with Crippen molar-refractivity contribution in [3.63, 3.8) is 0 Å². The van der Waals surface area contributed by atoms with Gasteiger partial charge in [0.2, 0.25) is 0 Å². The Kier molecular flexibility index (Phi) is 5.57. The third kappa shape index (κ3) is 4.35. The second-order valence-corrected chi connectivity index (χ2v) is 7.25. The van der Waals surface area contributed by atoms with Crippen LogP contribution in [0.4, 0.5) is 10.1 Å². The van der Waals surface area contributed by atoms with E-state index in [0.29, 0.717) is 47.1 Å². The van der Waals surface area contributed by atoms with Crippen molar-refractivity contribution >= 4 is 17.6 Å². The molecule has 1 aliphatic rings. The number of amides is 1. The molecule has 8 nitrogen and oxygen atoms in total. The van der Waals surface area contributed by atoms with Crippen molar-refractivity contribution in [3.05, 3.63) is 60.2 Å². The number of H-pyrrole nitrogens is 1. The van der Waals surface area contributed by atoms with Crippen LogP contribution in [0, 0.1) is 11.7 Å². The molecule has 3 aromatic rings. The van der Waals surface area contributed by atoms with Crippen LogP contribution < -0.4 is 10.1 Å². The van der Waals surface area contributed by atoms with Crippen molar-refractivity contribution in [3.8, 4) is 22.9 Å². The topological polar surface area (TPSA) is 108 Å². The molecule has 1 aromatic carbocycles. The average molecular weight is 424 g/mol. The zero-order chi connectivity index (χ0) is 22.0. The largest absolute Gasteiger partial charge is 0.481 e. The first-order valence-electron chi connectivity index (χ1n) is 9.76. The zero-order valence-electron chi connectivity index (χ0n) is 16.8. The highest BCUT2D eigenvalue weighted by molar-refractivity contribution is 5.95. The van der Waals surface area contributed by atoms with Crippen LogP contribution in [-0.2, 0) is 4.79 Å². The van der Waals surface area contributed by atoms with Gasteiger partial charge in [0.25, 0.3) is 5.91 Å². The van der Waals surface area contributed by atoms with Gasteiger partial charge in [-0.1, -0.05) is 0 Å². The zero-order valence-corrected chi connectivity index (χ0v) is 16.8. The lowest BCUT2D eigenvalue weighted by Gasteiger charge is -2.14. The van der Waals surface area contributed by atoms with E-state index < -0.39 is 17.7 Å². The summed E-state index contributed by atoms with van der Waals surface area (Å²) in [5.41, 5.74) is 1.96. The number of anilines is 1. The summed E-state index contributed by atoms with van der Waals surface area (Å²) in [7, 11) is 1.64. The molecule has 9 heteroatoms. The Labute approximate surface area is 177 Å². The fourth-order valence-electron chi connectivity index (χ4n) is 3.51. The van der Waals surface area contributed by atoms with Crippen molar-refractivity contribution in [1.82, 2.24) is 14.9 Å². The van der Waals surface area contributed by atoms with Gasteiger partial charge in [0.1, 0.15) is 17.3 Å². The van der Waals surface area contributed by atoms with Crippen molar-refractivity contribution < 1.29 is 23.8 Å². The highest BCUT2D eigenvalue weighted by Gasteiger charge is 2.31. The number of rotatable bonds is 6. The molecule has 1 fully saturated rings. The lowest BCUT2D eigenvalue weighted by molar-refractivity contribution is -0.141. The number of aliphatic carboxylic acids is 1. The van der Waals surface area contributed by atoms with Gasteiger partial charge in [0.05, 0.1) is 28.6 Å². The van der Waals surface area contributed by atoms with Crippen LogP contribution in [0.1, 0.15) is 16.8 Å².